The number of hydrogen-bond acceptors (Lipinski definition) is 2. The van der Waals surface area contributed by atoms with Crippen molar-refractivity contribution < 1.29 is 4.79 Å². The first-order chi connectivity index (χ1) is 6.33. The van der Waals surface area contributed by atoms with Gasteiger partial charge in [0.1, 0.15) is 0 Å². The van der Waals surface area contributed by atoms with E-state index in [1.54, 1.807) is 6.20 Å². The highest BCUT2D eigenvalue weighted by Crippen LogP contribution is 1.93. The van der Waals surface area contributed by atoms with Crippen molar-refractivity contribution in [3.63, 3.8) is 0 Å². The topological polar surface area (TPSA) is 42.0 Å². The summed E-state index contributed by atoms with van der Waals surface area (Å²) in [6, 6.07) is 5.76. The van der Waals surface area contributed by atoms with E-state index in [1.165, 1.54) is 0 Å². The first kappa shape index (κ1) is 10.2. The molecule has 3 nitrogen and oxygen atoms in total. The lowest BCUT2D eigenvalue weighted by Gasteiger charge is -2.01. The highest BCUT2D eigenvalue weighted by atomic mass is 79.9. The number of halogens is 1. The van der Waals surface area contributed by atoms with Gasteiger partial charge in [0.15, 0.2) is 0 Å². The summed E-state index contributed by atoms with van der Waals surface area (Å²) in [5, 5.41) is 3.11. The fourth-order valence-corrected chi connectivity index (χ4v) is 1.12. The first-order valence-electron chi connectivity index (χ1n) is 4.05. The van der Waals surface area contributed by atoms with E-state index < -0.39 is 0 Å². The van der Waals surface area contributed by atoms with Crippen LogP contribution >= 0.6 is 15.9 Å². The number of carbonyl (C=O) groups is 1. The number of nitrogens with zero attached hydrogens (tertiary/aromatic N) is 1. The molecular formula is C9H11BrN2O. The monoisotopic (exact) mass is 242 g/mol. The lowest BCUT2D eigenvalue weighted by molar-refractivity contribution is -0.118. The smallest absolute Gasteiger partial charge is 0.230 e. The largest absolute Gasteiger partial charge is 0.355 e. The van der Waals surface area contributed by atoms with Gasteiger partial charge in [0.2, 0.25) is 5.91 Å². The molecular weight excluding hydrogens is 232 g/mol. The van der Waals surface area contributed by atoms with Crippen LogP contribution in [-0.2, 0) is 11.2 Å². The second-order valence-corrected chi connectivity index (χ2v) is 3.12. The minimum atomic E-state index is 0.0101. The Labute approximate surface area is 85.7 Å². The van der Waals surface area contributed by atoms with Crippen molar-refractivity contribution >= 4 is 21.8 Å². The summed E-state index contributed by atoms with van der Waals surface area (Å²) in [6.07, 6.45) is 2.53. The van der Waals surface area contributed by atoms with Crippen LogP contribution in [-0.4, -0.2) is 22.8 Å². The van der Waals surface area contributed by atoms with Crippen LogP contribution in [0, 0.1) is 0 Å². The van der Waals surface area contributed by atoms with E-state index in [9.17, 15) is 4.79 Å². The molecule has 0 aliphatic rings. The molecule has 0 saturated carbocycles. The summed E-state index contributed by atoms with van der Waals surface area (Å²) in [6.45, 7) is 0.640. The van der Waals surface area contributed by atoms with Crippen molar-refractivity contribution in [1.82, 2.24) is 10.3 Å². The normalized spacial score (nSPS) is 9.62. The van der Waals surface area contributed by atoms with Crippen molar-refractivity contribution in [2.24, 2.45) is 0 Å². The van der Waals surface area contributed by atoms with Gasteiger partial charge in [-0.05, 0) is 12.1 Å². The third-order valence-corrected chi connectivity index (χ3v) is 2.06. The molecule has 0 aliphatic carbocycles. The molecule has 0 saturated heterocycles. The van der Waals surface area contributed by atoms with Crippen molar-refractivity contribution in [1.29, 1.82) is 0 Å². The minimum Gasteiger partial charge on any atom is -0.355 e. The van der Waals surface area contributed by atoms with Crippen LogP contribution < -0.4 is 5.32 Å². The summed E-state index contributed by atoms with van der Waals surface area (Å²) in [7, 11) is 0. The highest BCUT2D eigenvalue weighted by molar-refractivity contribution is 9.09. The zero-order valence-corrected chi connectivity index (χ0v) is 8.75. The van der Waals surface area contributed by atoms with E-state index in [-0.39, 0.29) is 5.91 Å². The fraction of sp³-hybridized carbons (Fsp3) is 0.333. The maximum atomic E-state index is 10.8. The van der Waals surface area contributed by atoms with E-state index in [1.807, 2.05) is 18.2 Å². The molecule has 0 atom stereocenters. The SMILES string of the molecule is O=C(CBr)NCCc1ccccn1. The maximum Gasteiger partial charge on any atom is 0.230 e. The molecule has 0 aliphatic heterocycles. The molecule has 13 heavy (non-hydrogen) atoms. The number of carbonyl (C=O) groups excluding carboxylic acids is 1. The number of aromatic nitrogens is 1. The van der Waals surface area contributed by atoms with Gasteiger partial charge in [-0.1, -0.05) is 22.0 Å². The maximum absolute atomic E-state index is 10.8. The molecule has 0 unspecified atom stereocenters. The Morgan fingerprint density at radius 3 is 3.00 bits per heavy atom. The molecule has 0 bridgehead atoms. The van der Waals surface area contributed by atoms with Gasteiger partial charge >= 0.3 is 0 Å². The van der Waals surface area contributed by atoms with Crippen molar-refractivity contribution in [3.05, 3.63) is 30.1 Å². The molecule has 1 aromatic heterocycles. The van der Waals surface area contributed by atoms with Gasteiger partial charge < -0.3 is 5.32 Å². The molecule has 1 rings (SSSR count). The Kier molecular flexibility index (Phi) is 4.46. The molecule has 1 heterocycles. The van der Waals surface area contributed by atoms with Crippen LogP contribution in [0.25, 0.3) is 0 Å². The number of amides is 1. The van der Waals surface area contributed by atoms with Gasteiger partial charge in [0.05, 0.1) is 5.33 Å². The Morgan fingerprint density at radius 2 is 2.38 bits per heavy atom. The predicted octanol–water partition coefficient (Wildman–Crippen LogP) is 1.14. The van der Waals surface area contributed by atoms with Crippen LogP contribution in [0.3, 0.4) is 0 Å². The van der Waals surface area contributed by atoms with Crippen molar-refractivity contribution in [2.75, 3.05) is 11.9 Å². The standard InChI is InChI=1S/C9H11BrN2O/c10-7-9(13)12-6-4-8-3-1-2-5-11-8/h1-3,5H,4,6-7H2,(H,12,13). The van der Waals surface area contributed by atoms with Crippen molar-refractivity contribution in [2.45, 2.75) is 6.42 Å². The first-order valence-corrected chi connectivity index (χ1v) is 5.17. The predicted molar refractivity (Wildman–Crippen MR) is 54.7 cm³/mol. The Morgan fingerprint density at radius 1 is 1.54 bits per heavy atom. The zero-order valence-electron chi connectivity index (χ0n) is 7.16. The number of alkyl halides is 1. The third-order valence-electron chi connectivity index (χ3n) is 1.55. The molecule has 4 heteroatoms. The van der Waals surface area contributed by atoms with E-state index in [0.29, 0.717) is 11.9 Å². The van der Waals surface area contributed by atoms with Gasteiger partial charge in [-0.25, -0.2) is 0 Å². The molecule has 0 spiro atoms. The molecule has 70 valence electrons. The number of pyridine rings is 1. The zero-order chi connectivity index (χ0) is 9.52. The van der Waals surface area contributed by atoms with Crippen LogP contribution in [0.1, 0.15) is 5.69 Å². The second kappa shape index (κ2) is 5.70. The summed E-state index contributed by atoms with van der Waals surface area (Å²) in [5.41, 5.74) is 0.998. The molecule has 0 aromatic carbocycles. The number of nitrogens with one attached hydrogen (secondary N) is 1. The van der Waals surface area contributed by atoms with Gasteiger partial charge in [-0.2, -0.15) is 0 Å². The molecule has 1 amide bonds. The quantitative estimate of drug-likeness (QED) is 0.805. The lowest BCUT2D eigenvalue weighted by Crippen LogP contribution is -2.26. The summed E-state index contributed by atoms with van der Waals surface area (Å²) in [5.74, 6) is 0.0101. The van der Waals surface area contributed by atoms with Gasteiger partial charge in [0, 0.05) is 24.9 Å². The summed E-state index contributed by atoms with van der Waals surface area (Å²) in [4.78, 5) is 15.0. The van der Waals surface area contributed by atoms with Crippen LogP contribution in [0.4, 0.5) is 0 Å². The molecule has 1 aromatic rings. The Balaban J connectivity index is 2.24. The van der Waals surface area contributed by atoms with E-state index >= 15 is 0 Å². The van der Waals surface area contributed by atoms with Gasteiger partial charge in [0.25, 0.3) is 0 Å². The van der Waals surface area contributed by atoms with E-state index in [4.69, 9.17) is 0 Å². The van der Waals surface area contributed by atoms with Crippen LogP contribution in [0.2, 0.25) is 0 Å². The molecule has 1 N–H and O–H groups in total. The average Bonchev–Trinajstić information content (AvgIpc) is 2.19. The Hall–Kier alpha value is -0.900. The minimum absolute atomic E-state index is 0.0101. The molecule has 0 radical (unpaired) electrons. The number of rotatable bonds is 4. The van der Waals surface area contributed by atoms with Crippen LogP contribution in [0.15, 0.2) is 24.4 Å². The Bertz CT molecular complexity index is 264. The van der Waals surface area contributed by atoms with Crippen molar-refractivity contribution in [3.8, 4) is 0 Å². The highest BCUT2D eigenvalue weighted by Gasteiger charge is 1.97. The molecule has 0 fully saturated rings. The van der Waals surface area contributed by atoms with Gasteiger partial charge in [-0.3, -0.25) is 9.78 Å². The second-order valence-electron chi connectivity index (χ2n) is 2.55. The fourth-order valence-electron chi connectivity index (χ4n) is 0.923. The lowest BCUT2D eigenvalue weighted by atomic mass is 10.3. The average molecular weight is 243 g/mol. The van der Waals surface area contributed by atoms with E-state index in [2.05, 4.69) is 26.2 Å². The van der Waals surface area contributed by atoms with Crippen LogP contribution in [0.5, 0.6) is 0 Å². The third kappa shape index (κ3) is 4.03. The van der Waals surface area contributed by atoms with Gasteiger partial charge in [-0.15, -0.1) is 0 Å². The number of hydrogen-bond donors (Lipinski definition) is 1. The van der Waals surface area contributed by atoms with E-state index in [0.717, 1.165) is 12.1 Å². The summed E-state index contributed by atoms with van der Waals surface area (Å²) >= 11 is 3.07. The summed E-state index contributed by atoms with van der Waals surface area (Å²) < 4.78 is 0.